The van der Waals surface area contributed by atoms with Crippen LogP contribution in [0.2, 0.25) is 0 Å². The van der Waals surface area contributed by atoms with Crippen molar-refractivity contribution in [1.29, 1.82) is 0 Å². The van der Waals surface area contributed by atoms with Crippen LogP contribution in [-0.2, 0) is 14.4 Å². The lowest BCUT2D eigenvalue weighted by Gasteiger charge is -2.10. The molecule has 7 heteroatoms. The Kier molecular flexibility index (Phi) is 3.03. The zero-order chi connectivity index (χ0) is 10.7. The van der Waals surface area contributed by atoms with E-state index in [0.29, 0.717) is 0 Å². The number of carbonyl (C=O) groups is 2. The van der Waals surface area contributed by atoms with E-state index in [2.05, 4.69) is 5.16 Å². The first-order valence-corrected chi connectivity index (χ1v) is 3.95. The largest absolute Gasteiger partial charge is 0.480 e. The van der Waals surface area contributed by atoms with Crippen molar-refractivity contribution in [2.45, 2.75) is 25.0 Å². The summed E-state index contributed by atoms with van der Waals surface area (Å²) in [6, 6.07) is -1.05. The third-order valence-corrected chi connectivity index (χ3v) is 1.81. The highest BCUT2D eigenvalue weighted by Crippen LogP contribution is 2.15. The smallest absolute Gasteiger partial charge is 0.353 e. The van der Waals surface area contributed by atoms with Crippen LogP contribution in [0, 0.1) is 0 Å². The molecule has 0 aromatic carbocycles. The lowest BCUT2D eigenvalue weighted by atomic mass is 10.1. The summed E-state index contributed by atoms with van der Waals surface area (Å²) >= 11 is 0. The Morgan fingerprint density at radius 1 is 1.64 bits per heavy atom. The van der Waals surface area contributed by atoms with Gasteiger partial charge in [-0.05, 0) is 0 Å². The Bertz CT molecular complexity index is 288. The number of oxime groups is 1. The van der Waals surface area contributed by atoms with E-state index in [0.717, 1.165) is 0 Å². The minimum Gasteiger partial charge on any atom is -0.480 e. The molecule has 1 heterocycles. The van der Waals surface area contributed by atoms with Gasteiger partial charge in [-0.2, -0.15) is 0 Å². The molecule has 0 saturated carbocycles. The van der Waals surface area contributed by atoms with Crippen LogP contribution in [0.5, 0.6) is 0 Å². The van der Waals surface area contributed by atoms with Gasteiger partial charge in [0.15, 0.2) is 5.71 Å². The fourth-order valence-electron chi connectivity index (χ4n) is 1.07. The highest BCUT2D eigenvalue weighted by Gasteiger charge is 2.29. The number of hydrogen-bond donors (Lipinski definition) is 3. The molecule has 0 saturated heterocycles. The lowest BCUT2D eigenvalue weighted by molar-refractivity contribution is -0.139. The van der Waals surface area contributed by atoms with Crippen molar-refractivity contribution in [3.63, 3.8) is 0 Å². The van der Waals surface area contributed by atoms with Crippen molar-refractivity contribution in [1.82, 2.24) is 0 Å². The fourth-order valence-corrected chi connectivity index (χ4v) is 1.07. The molecule has 0 bridgehead atoms. The van der Waals surface area contributed by atoms with Crippen LogP contribution in [0.15, 0.2) is 5.16 Å². The van der Waals surface area contributed by atoms with E-state index in [1.807, 2.05) is 0 Å². The number of carboxylic acid groups (broad SMARTS) is 2. The minimum absolute atomic E-state index is 0.0512. The molecule has 1 aliphatic heterocycles. The van der Waals surface area contributed by atoms with E-state index < -0.39 is 24.1 Å². The Morgan fingerprint density at radius 3 is 2.71 bits per heavy atom. The molecular formula is C7H10N2O5. The van der Waals surface area contributed by atoms with Crippen molar-refractivity contribution >= 4 is 17.7 Å². The van der Waals surface area contributed by atoms with Gasteiger partial charge in [-0.1, -0.05) is 5.16 Å². The van der Waals surface area contributed by atoms with E-state index in [4.69, 9.17) is 20.8 Å². The number of aliphatic carboxylic acids is 2. The highest BCUT2D eigenvalue weighted by molar-refractivity contribution is 6.35. The molecule has 1 rings (SSSR count). The summed E-state index contributed by atoms with van der Waals surface area (Å²) in [5, 5.41) is 20.3. The van der Waals surface area contributed by atoms with Crippen molar-refractivity contribution in [2.75, 3.05) is 0 Å². The van der Waals surface area contributed by atoms with Crippen molar-refractivity contribution in [3.05, 3.63) is 0 Å². The maximum absolute atomic E-state index is 10.4. The Hall–Kier alpha value is -1.63. The second-order valence-electron chi connectivity index (χ2n) is 2.96. The molecule has 0 spiro atoms. The van der Waals surface area contributed by atoms with Crippen LogP contribution in [0.3, 0.4) is 0 Å². The van der Waals surface area contributed by atoms with Gasteiger partial charge in [0.1, 0.15) is 12.1 Å². The van der Waals surface area contributed by atoms with Crippen LogP contribution < -0.4 is 5.73 Å². The van der Waals surface area contributed by atoms with Gasteiger partial charge in [-0.3, -0.25) is 4.79 Å². The molecule has 0 amide bonds. The first-order valence-electron chi connectivity index (χ1n) is 3.95. The summed E-state index contributed by atoms with van der Waals surface area (Å²) in [4.78, 5) is 25.5. The third-order valence-electron chi connectivity index (χ3n) is 1.81. The molecule has 2 atom stereocenters. The summed E-state index contributed by atoms with van der Waals surface area (Å²) in [6.45, 7) is 0. The van der Waals surface area contributed by atoms with Gasteiger partial charge >= 0.3 is 11.9 Å². The van der Waals surface area contributed by atoms with Crippen LogP contribution in [0.4, 0.5) is 0 Å². The summed E-state index contributed by atoms with van der Waals surface area (Å²) < 4.78 is 0. The van der Waals surface area contributed by atoms with Crippen molar-refractivity contribution < 1.29 is 24.6 Å². The highest BCUT2D eigenvalue weighted by atomic mass is 16.6. The number of carboxylic acids is 2. The number of nitrogens with two attached hydrogens (primary N) is 1. The SMILES string of the molecule is N[C@@H](C[C@@H]1CC(C(=O)O)=NO1)C(=O)O. The average molecular weight is 202 g/mol. The number of rotatable bonds is 4. The van der Waals surface area contributed by atoms with Gasteiger partial charge in [0.25, 0.3) is 0 Å². The Labute approximate surface area is 79.1 Å². The predicted molar refractivity (Wildman–Crippen MR) is 44.8 cm³/mol. The Morgan fingerprint density at radius 2 is 2.29 bits per heavy atom. The van der Waals surface area contributed by atoms with Crippen LogP contribution in [0.1, 0.15) is 12.8 Å². The van der Waals surface area contributed by atoms with E-state index >= 15 is 0 Å². The second kappa shape index (κ2) is 4.05. The summed E-state index contributed by atoms with van der Waals surface area (Å²) in [5.41, 5.74) is 5.14. The van der Waals surface area contributed by atoms with Crippen LogP contribution >= 0.6 is 0 Å². The second-order valence-corrected chi connectivity index (χ2v) is 2.96. The average Bonchev–Trinajstić information content (AvgIpc) is 2.52. The summed E-state index contributed by atoms with van der Waals surface area (Å²) in [7, 11) is 0. The van der Waals surface area contributed by atoms with E-state index in [-0.39, 0.29) is 18.6 Å². The van der Waals surface area contributed by atoms with Gasteiger partial charge in [-0.15, -0.1) is 0 Å². The molecule has 0 aromatic rings. The molecule has 0 aromatic heterocycles. The molecule has 14 heavy (non-hydrogen) atoms. The van der Waals surface area contributed by atoms with Gasteiger partial charge in [0, 0.05) is 12.8 Å². The molecule has 0 radical (unpaired) electrons. The normalized spacial score (nSPS) is 22.4. The number of hydrogen-bond acceptors (Lipinski definition) is 5. The number of nitrogens with zero attached hydrogens (tertiary/aromatic N) is 1. The van der Waals surface area contributed by atoms with Crippen molar-refractivity contribution in [2.24, 2.45) is 10.9 Å². The molecule has 1 aliphatic rings. The molecule has 0 aliphatic carbocycles. The zero-order valence-corrected chi connectivity index (χ0v) is 7.21. The van der Waals surface area contributed by atoms with Gasteiger partial charge in [-0.25, -0.2) is 4.79 Å². The maximum atomic E-state index is 10.4. The zero-order valence-electron chi connectivity index (χ0n) is 7.21. The molecule has 7 nitrogen and oxygen atoms in total. The summed E-state index contributed by atoms with van der Waals surface area (Å²) in [5.74, 6) is -2.30. The molecule has 0 fully saturated rings. The monoisotopic (exact) mass is 202 g/mol. The van der Waals surface area contributed by atoms with E-state index in [1.165, 1.54) is 0 Å². The van der Waals surface area contributed by atoms with Gasteiger partial charge in [0.05, 0.1) is 0 Å². The van der Waals surface area contributed by atoms with Gasteiger partial charge < -0.3 is 20.8 Å². The van der Waals surface area contributed by atoms with Crippen LogP contribution in [-0.4, -0.2) is 40.0 Å². The van der Waals surface area contributed by atoms with E-state index in [9.17, 15) is 9.59 Å². The first-order chi connectivity index (χ1) is 6.50. The topological polar surface area (TPSA) is 122 Å². The third kappa shape index (κ3) is 2.43. The molecule has 4 N–H and O–H groups in total. The van der Waals surface area contributed by atoms with Gasteiger partial charge in [0.2, 0.25) is 0 Å². The summed E-state index contributed by atoms with van der Waals surface area (Å²) in [6.07, 6.45) is -0.404. The molecular weight excluding hydrogens is 192 g/mol. The maximum Gasteiger partial charge on any atom is 0.353 e. The molecule has 78 valence electrons. The lowest BCUT2D eigenvalue weighted by Crippen LogP contribution is -2.34. The minimum atomic E-state index is -1.16. The Balaban J connectivity index is 2.39. The standard InChI is InChI=1S/C7H10N2O5/c8-4(6(10)11)1-3-2-5(7(12)13)9-14-3/h3-4H,1-2,8H2,(H,10,11)(H,12,13)/t3-,4+/m1/s1. The van der Waals surface area contributed by atoms with Crippen LogP contribution in [0.25, 0.3) is 0 Å². The molecule has 0 unspecified atom stereocenters. The van der Waals surface area contributed by atoms with E-state index in [1.54, 1.807) is 0 Å². The van der Waals surface area contributed by atoms with Crippen molar-refractivity contribution in [3.8, 4) is 0 Å². The fraction of sp³-hybridized carbons (Fsp3) is 0.571. The predicted octanol–water partition coefficient (Wildman–Crippen LogP) is -0.982. The first kappa shape index (κ1) is 10.5. The quantitative estimate of drug-likeness (QED) is 0.538.